The van der Waals surface area contributed by atoms with E-state index in [1.165, 1.54) is 16.3 Å². The number of nitrogens with zero attached hydrogens (tertiary/aromatic N) is 5. The molecule has 0 atom stereocenters. The van der Waals surface area contributed by atoms with Crippen LogP contribution < -0.4 is 0 Å². The van der Waals surface area contributed by atoms with Crippen molar-refractivity contribution in [2.24, 2.45) is 0 Å². The molecule has 10 aromatic rings. The molecular formula is C49H31N5. The first-order valence-corrected chi connectivity index (χ1v) is 18.0. The third-order valence-electron chi connectivity index (χ3n) is 10.1. The molecule has 5 heteroatoms. The highest BCUT2D eigenvalue weighted by Gasteiger charge is 2.17. The lowest BCUT2D eigenvalue weighted by Crippen LogP contribution is -1.97. The van der Waals surface area contributed by atoms with E-state index in [9.17, 15) is 0 Å². The van der Waals surface area contributed by atoms with Crippen LogP contribution in [0.2, 0.25) is 0 Å². The summed E-state index contributed by atoms with van der Waals surface area (Å²) in [6, 6.07) is 57.3. The van der Waals surface area contributed by atoms with Crippen LogP contribution in [0.15, 0.2) is 189 Å². The molecule has 6 aromatic carbocycles. The highest BCUT2D eigenvalue weighted by atomic mass is 14.9. The summed E-state index contributed by atoms with van der Waals surface area (Å²) >= 11 is 0. The summed E-state index contributed by atoms with van der Waals surface area (Å²) in [4.78, 5) is 23.8. The van der Waals surface area contributed by atoms with Crippen molar-refractivity contribution in [3.05, 3.63) is 189 Å². The predicted octanol–water partition coefficient (Wildman–Crippen LogP) is 12.1. The first-order valence-electron chi connectivity index (χ1n) is 18.0. The molecular weight excluding hydrogens is 659 g/mol. The van der Waals surface area contributed by atoms with Gasteiger partial charge in [0.15, 0.2) is 5.82 Å². The molecule has 0 amide bonds. The van der Waals surface area contributed by atoms with Gasteiger partial charge < -0.3 is 0 Å². The molecule has 0 radical (unpaired) electrons. The summed E-state index contributed by atoms with van der Waals surface area (Å²) in [7, 11) is 0. The van der Waals surface area contributed by atoms with E-state index in [4.69, 9.17) is 15.0 Å². The van der Waals surface area contributed by atoms with Crippen molar-refractivity contribution in [1.29, 1.82) is 0 Å². The van der Waals surface area contributed by atoms with Crippen molar-refractivity contribution >= 4 is 32.4 Å². The van der Waals surface area contributed by atoms with Gasteiger partial charge in [0.05, 0.1) is 22.6 Å². The molecule has 0 unspecified atom stereocenters. The average molecular weight is 690 g/mol. The molecule has 10 rings (SSSR count). The van der Waals surface area contributed by atoms with Crippen LogP contribution in [0.25, 0.3) is 99.9 Å². The molecule has 0 aliphatic carbocycles. The normalized spacial score (nSPS) is 11.3. The van der Waals surface area contributed by atoms with Gasteiger partial charge in [-0.3, -0.25) is 9.97 Å². The fraction of sp³-hybridized carbons (Fsp3) is 0. The van der Waals surface area contributed by atoms with Gasteiger partial charge in [0.1, 0.15) is 0 Å². The molecule has 252 valence electrons. The zero-order chi connectivity index (χ0) is 35.8. The van der Waals surface area contributed by atoms with Gasteiger partial charge in [-0.2, -0.15) is 0 Å². The molecule has 0 spiro atoms. The summed E-state index contributed by atoms with van der Waals surface area (Å²) in [5.41, 5.74) is 12.2. The van der Waals surface area contributed by atoms with E-state index in [-0.39, 0.29) is 0 Å². The molecule has 0 aliphatic rings. The topological polar surface area (TPSA) is 64.5 Å². The Labute approximate surface area is 312 Å². The highest BCUT2D eigenvalue weighted by molar-refractivity contribution is 6.14. The molecule has 0 bridgehead atoms. The number of aromatic nitrogens is 5. The largest absolute Gasteiger partial charge is 0.265 e. The van der Waals surface area contributed by atoms with Gasteiger partial charge in [-0.15, -0.1) is 0 Å². The van der Waals surface area contributed by atoms with Crippen molar-refractivity contribution in [2.75, 3.05) is 0 Å². The Morgan fingerprint density at radius 1 is 0.315 bits per heavy atom. The van der Waals surface area contributed by atoms with Crippen LogP contribution in [0.4, 0.5) is 0 Å². The van der Waals surface area contributed by atoms with Crippen LogP contribution in [0, 0.1) is 0 Å². The van der Waals surface area contributed by atoms with Crippen molar-refractivity contribution in [1.82, 2.24) is 24.9 Å². The second-order valence-electron chi connectivity index (χ2n) is 13.3. The van der Waals surface area contributed by atoms with Gasteiger partial charge >= 0.3 is 0 Å². The Hall–Kier alpha value is -7.37. The van der Waals surface area contributed by atoms with E-state index < -0.39 is 0 Å². The minimum atomic E-state index is 0.667. The summed E-state index contributed by atoms with van der Waals surface area (Å²) < 4.78 is 0. The number of pyridine rings is 3. The van der Waals surface area contributed by atoms with Gasteiger partial charge in [0.25, 0.3) is 0 Å². The van der Waals surface area contributed by atoms with Crippen molar-refractivity contribution < 1.29 is 0 Å². The zero-order valence-corrected chi connectivity index (χ0v) is 29.1. The Morgan fingerprint density at radius 3 is 1.50 bits per heavy atom. The minimum Gasteiger partial charge on any atom is -0.265 e. The van der Waals surface area contributed by atoms with E-state index in [2.05, 4.69) is 137 Å². The zero-order valence-electron chi connectivity index (χ0n) is 29.1. The van der Waals surface area contributed by atoms with Crippen LogP contribution in [-0.2, 0) is 0 Å². The van der Waals surface area contributed by atoms with E-state index in [1.54, 1.807) is 24.8 Å². The maximum absolute atomic E-state index is 5.14. The average Bonchev–Trinajstić information content (AvgIpc) is 3.26. The monoisotopic (exact) mass is 689 g/mol. The summed E-state index contributed by atoms with van der Waals surface area (Å²) in [6.45, 7) is 0. The lowest BCUT2D eigenvalue weighted by molar-refractivity contribution is 1.18. The summed E-state index contributed by atoms with van der Waals surface area (Å²) in [5.74, 6) is 0.667. The number of benzene rings is 6. The van der Waals surface area contributed by atoms with Crippen molar-refractivity contribution in [2.45, 2.75) is 0 Å². The fourth-order valence-corrected chi connectivity index (χ4v) is 7.48. The lowest BCUT2D eigenvalue weighted by atomic mass is 9.91. The van der Waals surface area contributed by atoms with Crippen LogP contribution in [0.1, 0.15) is 0 Å². The second kappa shape index (κ2) is 13.3. The molecule has 5 nitrogen and oxygen atoms in total. The van der Waals surface area contributed by atoms with Crippen LogP contribution in [-0.4, -0.2) is 24.9 Å². The van der Waals surface area contributed by atoms with Crippen LogP contribution >= 0.6 is 0 Å². The molecule has 0 saturated carbocycles. The van der Waals surface area contributed by atoms with Gasteiger partial charge in [-0.25, -0.2) is 15.0 Å². The van der Waals surface area contributed by atoms with E-state index in [1.807, 2.05) is 36.4 Å². The molecule has 0 fully saturated rings. The molecule has 4 aromatic heterocycles. The number of hydrogen-bond acceptors (Lipinski definition) is 5. The highest BCUT2D eigenvalue weighted by Crippen LogP contribution is 2.40. The van der Waals surface area contributed by atoms with Gasteiger partial charge in [-0.05, 0) is 92.3 Å². The molecule has 0 aliphatic heterocycles. The molecule has 54 heavy (non-hydrogen) atoms. The van der Waals surface area contributed by atoms with E-state index in [0.717, 1.165) is 77.7 Å². The standard InChI is InChI=1S/C49H31N5/c1-2-9-35(10-3-1)45-30-43(48-39-11-5-4-8-32(39)18-21-44(48)52-45)34-16-14-33(15-17-34)38-19-20-42(41-13-7-6-12-40(38)41)49-53-46(36-22-26-50-27-23-36)31-47(54-49)37-24-28-51-29-25-37/h1-31H. The first kappa shape index (κ1) is 31.4. The third kappa shape index (κ3) is 5.65. The fourth-order valence-electron chi connectivity index (χ4n) is 7.48. The quantitative estimate of drug-likeness (QED) is 0.163. The summed E-state index contributed by atoms with van der Waals surface area (Å²) in [6.07, 6.45) is 7.17. The lowest BCUT2D eigenvalue weighted by Gasteiger charge is -2.15. The minimum absolute atomic E-state index is 0.667. The Kier molecular flexibility index (Phi) is 7.73. The van der Waals surface area contributed by atoms with Gasteiger partial charge in [0, 0.05) is 52.4 Å². The maximum Gasteiger partial charge on any atom is 0.161 e. The van der Waals surface area contributed by atoms with Crippen molar-refractivity contribution in [3.63, 3.8) is 0 Å². The van der Waals surface area contributed by atoms with E-state index >= 15 is 0 Å². The number of rotatable bonds is 6. The Morgan fingerprint density at radius 2 is 0.833 bits per heavy atom. The number of hydrogen-bond donors (Lipinski definition) is 0. The predicted molar refractivity (Wildman–Crippen MR) is 221 cm³/mol. The smallest absolute Gasteiger partial charge is 0.161 e. The van der Waals surface area contributed by atoms with E-state index in [0.29, 0.717) is 5.82 Å². The van der Waals surface area contributed by atoms with Crippen LogP contribution in [0.5, 0.6) is 0 Å². The third-order valence-corrected chi connectivity index (χ3v) is 10.1. The molecule has 4 heterocycles. The first-order chi connectivity index (χ1) is 26.8. The van der Waals surface area contributed by atoms with Crippen molar-refractivity contribution in [3.8, 4) is 67.4 Å². The Balaban J connectivity index is 1.10. The maximum atomic E-state index is 5.14. The molecule has 0 saturated heterocycles. The summed E-state index contributed by atoms with van der Waals surface area (Å²) in [5, 5.41) is 5.79. The SMILES string of the molecule is c1ccc(-c2cc(-c3ccc(-c4ccc(-c5nc(-c6ccncc6)cc(-c6ccncc6)n5)c5ccccc45)cc3)c3c(ccc4ccccc43)n2)cc1. The Bertz CT molecular complexity index is 2910. The van der Waals surface area contributed by atoms with Crippen LogP contribution in [0.3, 0.4) is 0 Å². The van der Waals surface area contributed by atoms with Gasteiger partial charge in [-0.1, -0.05) is 115 Å². The molecule has 0 N–H and O–H groups in total. The second-order valence-corrected chi connectivity index (χ2v) is 13.3. The van der Waals surface area contributed by atoms with Gasteiger partial charge in [0.2, 0.25) is 0 Å². The number of fused-ring (bicyclic) bond motifs is 4.